The Hall–Kier alpha value is -1.76. The maximum Gasteiger partial charge on any atom is 0.222 e. The Morgan fingerprint density at radius 1 is 1.45 bits per heavy atom. The molecular weight excluding hydrogens is 274 g/mol. The number of hydrogen-bond donors (Lipinski definition) is 3. The molecule has 1 unspecified atom stereocenters. The first-order valence-electron chi connectivity index (χ1n) is 6.78. The standard InChI is InChI=1S/C13H19N5OS/c1-3-8-9(4-2)17-18-13(11(8)12(14)20)16-7-5-10(19)15-6-7/h7H,3-6H2,1-2H3,(H2,14,20)(H,15,19)(H,16,18). The number of aromatic nitrogens is 2. The minimum Gasteiger partial charge on any atom is -0.389 e. The Bertz CT molecular complexity index is 546. The molecule has 2 rings (SSSR count). The molecule has 4 N–H and O–H groups in total. The maximum absolute atomic E-state index is 11.2. The summed E-state index contributed by atoms with van der Waals surface area (Å²) in [5.41, 5.74) is 8.57. The molecule has 1 fully saturated rings. The first kappa shape index (κ1) is 14.6. The second-order valence-corrected chi connectivity index (χ2v) is 5.21. The van der Waals surface area contributed by atoms with E-state index < -0.39 is 0 Å². The first-order chi connectivity index (χ1) is 9.56. The number of amides is 1. The number of carbonyl (C=O) groups excluding carboxylic acids is 1. The molecule has 6 nitrogen and oxygen atoms in total. The number of hydrogen-bond acceptors (Lipinski definition) is 5. The molecule has 108 valence electrons. The number of nitrogens with one attached hydrogen (secondary N) is 2. The van der Waals surface area contributed by atoms with Crippen molar-refractivity contribution < 1.29 is 4.79 Å². The van der Waals surface area contributed by atoms with Gasteiger partial charge in [0.05, 0.1) is 17.3 Å². The van der Waals surface area contributed by atoms with E-state index in [1.165, 1.54) is 0 Å². The van der Waals surface area contributed by atoms with E-state index in [9.17, 15) is 4.79 Å². The van der Waals surface area contributed by atoms with Gasteiger partial charge in [-0.15, -0.1) is 5.10 Å². The predicted octanol–water partition coefficient (Wildman–Crippen LogP) is 0.536. The molecule has 1 aliphatic heterocycles. The molecule has 0 radical (unpaired) electrons. The van der Waals surface area contributed by atoms with Crippen LogP contribution in [0.2, 0.25) is 0 Å². The van der Waals surface area contributed by atoms with Crippen molar-refractivity contribution in [1.82, 2.24) is 15.5 Å². The monoisotopic (exact) mass is 293 g/mol. The van der Waals surface area contributed by atoms with Crippen LogP contribution in [-0.2, 0) is 17.6 Å². The molecule has 0 saturated carbocycles. The average Bonchev–Trinajstić information content (AvgIpc) is 2.83. The van der Waals surface area contributed by atoms with Crippen LogP contribution in [0.5, 0.6) is 0 Å². The summed E-state index contributed by atoms with van der Waals surface area (Å²) < 4.78 is 0. The van der Waals surface area contributed by atoms with Gasteiger partial charge in [-0.1, -0.05) is 26.1 Å². The summed E-state index contributed by atoms with van der Waals surface area (Å²) in [5.74, 6) is 0.612. The van der Waals surface area contributed by atoms with E-state index >= 15 is 0 Å². The van der Waals surface area contributed by atoms with Crippen LogP contribution in [0.15, 0.2) is 0 Å². The molecule has 1 aromatic rings. The van der Waals surface area contributed by atoms with Gasteiger partial charge in [0.15, 0.2) is 5.82 Å². The number of aryl methyl sites for hydroxylation is 1. The Labute approximate surface area is 123 Å². The summed E-state index contributed by atoms with van der Waals surface area (Å²) in [6.45, 7) is 4.65. The zero-order valence-electron chi connectivity index (χ0n) is 11.7. The van der Waals surface area contributed by atoms with E-state index in [-0.39, 0.29) is 11.9 Å². The molecule has 1 saturated heterocycles. The molecule has 20 heavy (non-hydrogen) atoms. The lowest BCUT2D eigenvalue weighted by molar-refractivity contribution is -0.119. The van der Waals surface area contributed by atoms with Gasteiger partial charge in [-0.25, -0.2) is 0 Å². The Morgan fingerprint density at radius 2 is 2.20 bits per heavy atom. The van der Waals surface area contributed by atoms with E-state index in [0.717, 1.165) is 29.7 Å². The van der Waals surface area contributed by atoms with E-state index in [1.54, 1.807) is 0 Å². The molecule has 0 aliphatic carbocycles. The van der Waals surface area contributed by atoms with Crippen molar-refractivity contribution in [2.45, 2.75) is 39.2 Å². The van der Waals surface area contributed by atoms with Crippen LogP contribution >= 0.6 is 12.2 Å². The lowest BCUT2D eigenvalue weighted by Gasteiger charge is -2.18. The van der Waals surface area contributed by atoms with Gasteiger partial charge in [-0.2, -0.15) is 5.10 Å². The van der Waals surface area contributed by atoms with Crippen molar-refractivity contribution in [3.63, 3.8) is 0 Å². The van der Waals surface area contributed by atoms with Crippen LogP contribution in [0, 0.1) is 0 Å². The summed E-state index contributed by atoms with van der Waals surface area (Å²) in [5, 5.41) is 14.4. The van der Waals surface area contributed by atoms with Gasteiger partial charge in [-0.3, -0.25) is 4.79 Å². The van der Waals surface area contributed by atoms with Crippen molar-refractivity contribution in [3.8, 4) is 0 Å². The van der Waals surface area contributed by atoms with Crippen molar-refractivity contribution in [2.75, 3.05) is 11.9 Å². The number of nitrogens with zero attached hydrogens (tertiary/aromatic N) is 2. The fourth-order valence-corrected chi connectivity index (χ4v) is 2.66. The summed E-state index contributed by atoms with van der Waals surface area (Å²) in [4.78, 5) is 11.6. The van der Waals surface area contributed by atoms with E-state index in [2.05, 4.69) is 20.8 Å². The second-order valence-electron chi connectivity index (χ2n) is 4.77. The quantitative estimate of drug-likeness (QED) is 0.686. The molecule has 2 heterocycles. The molecule has 0 aromatic carbocycles. The van der Waals surface area contributed by atoms with Crippen LogP contribution in [0.4, 0.5) is 5.82 Å². The fourth-order valence-electron chi connectivity index (χ4n) is 2.44. The zero-order valence-corrected chi connectivity index (χ0v) is 12.5. The summed E-state index contributed by atoms with van der Waals surface area (Å²) in [6.07, 6.45) is 2.01. The van der Waals surface area contributed by atoms with Gasteiger partial charge < -0.3 is 16.4 Å². The predicted molar refractivity (Wildman–Crippen MR) is 81.7 cm³/mol. The van der Waals surface area contributed by atoms with Crippen molar-refractivity contribution >= 4 is 28.9 Å². The van der Waals surface area contributed by atoms with E-state index in [1.807, 2.05) is 13.8 Å². The highest BCUT2D eigenvalue weighted by Gasteiger charge is 2.24. The number of rotatable bonds is 5. The Kier molecular flexibility index (Phi) is 4.49. The largest absolute Gasteiger partial charge is 0.389 e. The van der Waals surface area contributed by atoms with Crippen LogP contribution < -0.4 is 16.4 Å². The molecule has 0 spiro atoms. The van der Waals surface area contributed by atoms with Crippen molar-refractivity contribution in [2.24, 2.45) is 5.73 Å². The molecular formula is C13H19N5OS. The highest BCUT2D eigenvalue weighted by molar-refractivity contribution is 7.80. The lowest BCUT2D eigenvalue weighted by Crippen LogP contribution is -2.27. The van der Waals surface area contributed by atoms with Gasteiger partial charge in [0.1, 0.15) is 4.99 Å². The molecule has 1 amide bonds. The number of anilines is 1. The maximum atomic E-state index is 11.2. The Balaban J connectivity index is 2.37. The fraction of sp³-hybridized carbons (Fsp3) is 0.538. The number of carbonyl (C=O) groups is 1. The first-order valence-corrected chi connectivity index (χ1v) is 7.19. The van der Waals surface area contributed by atoms with Crippen LogP contribution in [-0.4, -0.2) is 33.7 Å². The van der Waals surface area contributed by atoms with Gasteiger partial charge in [0, 0.05) is 13.0 Å². The third kappa shape index (κ3) is 2.87. The van der Waals surface area contributed by atoms with Gasteiger partial charge in [-0.05, 0) is 18.4 Å². The highest BCUT2D eigenvalue weighted by Crippen LogP contribution is 2.22. The third-order valence-electron chi connectivity index (χ3n) is 3.41. The minimum atomic E-state index is 0.00193. The average molecular weight is 293 g/mol. The smallest absolute Gasteiger partial charge is 0.222 e. The van der Waals surface area contributed by atoms with Gasteiger partial charge >= 0.3 is 0 Å². The van der Waals surface area contributed by atoms with Crippen LogP contribution in [0.3, 0.4) is 0 Å². The molecule has 1 aliphatic rings. The van der Waals surface area contributed by atoms with Crippen LogP contribution in [0.25, 0.3) is 0 Å². The van der Waals surface area contributed by atoms with E-state index in [4.69, 9.17) is 18.0 Å². The third-order valence-corrected chi connectivity index (χ3v) is 3.61. The van der Waals surface area contributed by atoms with Crippen molar-refractivity contribution in [1.29, 1.82) is 0 Å². The van der Waals surface area contributed by atoms with Crippen molar-refractivity contribution in [3.05, 3.63) is 16.8 Å². The highest BCUT2D eigenvalue weighted by atomic mass is 32.1. The molecule has 7 heteroatoms. The summed E-state index contributed by atoms with van der Waals surface area (Å²) >= 11 is 5.16. The van der Waals surface area contributed by atoms with Crippen LogP contribution in [0.1, 0.15) is 37.1 Å². The molecule has 0 bridgehead atoms. The molecule has 1 atom stereocenters. The number of nitrogens with two attached hydrogens (primary N) is 1. The van der Waals surface area contributed by atoms with E-state index in [0.29, 0.717) is 23.8 Å². The minimum absolute atomic E-state index is 0.00193. The molecule has 1 aromatic heterocycles. The van der Waals surface area contributed by atoms with Gasteiger partial charge in [0.2, 0.25) is 5.91 Å². The zero-order chi connectivity index (χ0) is 14.7. The number of thiocarbonyl (C=S) groups is 1. The van der Waals surface area contributed by atoms with Gasteiger partial charge in [0.25, 0.3) is 0 Å². The second kappa shape index (κ2) is 6.13. The summed E-state index contributed by atoms with van der Waals surface area (Å²) in [6, 6.07) is 0.00193. The Morgan fingerprint density at radius 3 is 2.70 bits per heavy atom. The lowest BCUT2D eigenvalue weighted by atomic mass is 10.0. The SMILES string of the molecule is CCc1nnc(NC2CNC(=O)C2)c(C(N)=S)c1CC. The normalized spacial score (nSPS) is 17.9. The summed E-state index contributed by atoms with van der Waals surface area (Å²) in [7, 11) is 0. The topological polar surface area (TPSA) is 92.9 Å².